The summed E-state index contributed by atoms with van der Waals surface area (Å²) in [4.78, 5) is 19.5. The molecule has 0 saturated carbocycles. The predicted octanol–water partition coefficient (Wildman–Crippen LogP) is 2.45. The van der Waals surface area contributed by atoms with E-state index in [0.717, 1.165) is 39.3 Å². The van der Waals surface area contributed by atoms with Gasteiger partial charge in [0.05, 0.1) is 0 Å². The lowest BCUT2D eigenvalue weighted by Gasteiger charge is -2.34. The number of piperazine rings is 1. The van der Waals surface area contributed by atoms with Gasteiger partial charge in [0.15, 0.2) is 0 Å². The average Bonchev–Trinajstić information content (AvgIpc) is 2.58. The zero-order chi connectivity index (χ0) is 16.7. The summed E-state index contributed by atoms with van der Waals surface area (Å²) in [5, 5.41) is 0. The normalized spacial score (nSPS) is 16.7. The Labute approximate surface area is 141 Å². The number of hydrogen-bond donors (Lipinski definition) is 0. The smallest absolute Gasteiger partial charge is 0.224 e. The first kappa shape index (κ1) is 18.0. The molecule has 1 fully saturated rings. The average molecular weight is 317 g/mol. The van der Waals surface area contributed by atoms with E-state index >= 15 is 0 Å². The van der Waals surface area contributed by atoms with Gasteiger partial charge in [0.25, 0.3) is 0 Å². The summed E-state index contributed by atoms with van der Waals surface area (Å²) in [6, 6.07) is 10.5. The minimum atomic E-state index is 0.236. The molecule has 1 amide bonds. The minimum absolute atomic E-state index is 0.236. The highest BCUT2D eigenvalue weighted by atomic mass is 16.2. The fraction of sp³-hybridized carbons (Fsp3) is 0.632. The summed E-state index contributed by atoms with van der Waals surface area (Å²) >= 11 is 0. The molecule has 0 aromatic heterocycles. The Bertz CT molecular complexity index is 467. The van der Waals surface area contributed by atoms with Crippen LogP contribution in [0.3, 0.4) is 0 Å². The zero-order valence-corrected chi connectivity index (χ0v) is 14.9. The van der Waals surface area contributed by atoms with Gasteiger partial charge in [-0.2, -0.15) is 0 Å². The van der Waals surface area contributed by atoms with E-state index < -0.39 is 0 Å². The summed E-state index contributed by atoms with van der Waals surface area (Å²) in [7, 11) is 0. The van der Waals surface area contributed by atoms with Crippen molar-refractivity contribution in [2.45, 2.75) is 39.8 Å². The van der Waals surface area contributed by atoms with Crippen molar-refractivity contribution in [2.24, 2.45) is 0 Å². The first-order valence-electron chi connectivity index (χ1n) is 8.88. The molecule has 0 spiro atoms. The standard InChI is InChI=1S/C19H31N3O/c1-4-20-12-14-21(15-13-20)11-10-19(23)22(17(2)3)16-18-8-6-5-7-9-18/h5-9,17H,4,10-16H2,1-3H3. The van der Waals surface area contributed by atoms with E-state index in [-0.39, 0.29) is 11.9 Å². The van der Waals surface area contributed by atoms with Crippen LogP contribution in [-0.2, 0) is 11.3 Å². The van der Waals surface area contributed by atoms with Crippen LogP contribution < -0.4 is 0 Å². The largest absolute Gasteiger partial charge is 0.336 e. The topological polar surface area (TPSA) is 26.8 Å². The summed E-state index contributed by atoms with van der Waals surface area (Å²) < 4.78 is 0. The van der Waals surface area contributed by atoms with Crippen molar-refractivity contribution in [3.05, 3.63) is 35.9 Å². The number of benzene rings is 1. The Morgan fingerprint density at radius 3 is 2.26 bits per heavy atom. The number of nitrogens with zero attached hydrogens (tertiary/aromatic N) is 3. The lowest BCUT2D eigenvalue weighted by Crippen LogP contribution is -2.47. The molecule has 0 N–H and O–H groups in total. The van der Waals surface area contributed by atoms with Crippen molar-refractivity contribution in [2.75, 3.05) is 39.3 Å². The van der Waals surface area contributed by atoms with Crippen LogP contribution in [0.15, 0.2) is 30.3 Å². The molecule has 4 nitrogen and oxygen atoms in total. The van der Waals surface area contributed by atoms with Crippen LogP contribution in [0.25, 0.3) is 0 Å². The third-order valence-corrected chi connectivity index (χ3v) is 4.69. The van der Waals surface area contributed by atoms with E-state index in [0.29, 0.717) is 13.0 Å². The Kier molecular flexibility index (Phi) is 7.06. The first-order chi connectivity index (χ1) is 11.1. The SMILES string of the molecule is CCN1CCN(CCC(=O)N(Cc2ccccc2)C(C)C)CC1. The molecule has 0 radical (unpaired) electrons. The van der Waals surface area contributed by atoms with Crippen LogP contribution in [0.4, 0.5) is 0 Å². The molecule has 128 valence electrons. The lowest BCUT2D eigenvalue weighted by atomic mass is 10.1. The van der Waals surface area contributed by atoms with Crippen molar-refractivity contribution in [3.8, 4) is 0 Å². The molecule has 1 aliphatic rings. The van der Waals surface area contributed by atoms with Crippen LogP contribution in [0, 0.1) is 0 Å². The van der Waals surface area contributed by atoms with Gasteiger partial charge in [0, 0.05) is 51.7 Å². The first-order valence-corrected chi connectivity index (χ1v) is 8.88. The third kappa shape index (κ3) is 5.63. The van der Waals surface area contributed by atoms with Gasteiger partial charge in [0.2, 0.25) is 5.91 Å². The molecule has 2 rings (SSSR count). The van der Waals surface area contributed by atoms with Gasteiger partial charge >= 0.3 is 0 Å². The van der Waals surface area contributed by atoms with Crippen LogP contribution in [-0.4, -0.2) is 65.9 Å². The molecular weight excluding hydrogens is 286 g/mol. The second-order valence-electron chi connectivity index (χ2n) is 6.63. The van der Waals surface area contributed by atoms with Gasteiger partial charge < -0.3 is 14.7 Å². The van der Waals surface area contributed by atoms with Gasteiger partial charge in [-0.1, -0.05) is 37.3 Å². The number of carbonyl (C=O) groups excluding carboxylic acids is 1. The molecule has 1 saturated heterocycles. The fourth-order valence-corrected chi connectivity index (χ4v) is 3.07. The van der Waals surface area contributed by atoms with E-state index in [9.17, 15) is 4.79 Å². The van der Waals surface area contributed by atoms with Gasteiger partial charge in [-0.3, -0.25) is 4.79 Å². The van der Waals surface area contributed by atoms with Crippen LogP contribution >= 0.6 is 0 Å². The fourth-order valence-electron chi connectivity index (χ4n) is 3.07. The third-order valence-electron chi connectivity index (χ3n) is 4.69. The van der Waals surface area contributed by atoms with Crippen LogP contribution in [0.2, 0.25) is 0 Å². The number of hydrogen-bond acceptors (Lipinski definition) is 3. The highest BCUT2D eigenvalue weighted by molar-refractivity contribution is 5.76. The number of likely N-dealkylation sites (N-methyl/N-ethyl adjacent to an activating group) is 1. The zero-order valence-electron chi connectivity index (χ0n) is 14.9. The van der Waals surface area contributed by atoms with E-state index in [1.165, 1.54) is 5.56 Å². The summed E-state index contributed by atoms with van der Waals surface area (Å²) in [5.74, 6) is 0.266. The van der Waals surface area contributed by atoms with Gasteiger partial charge in [-0.25, -0.2) is 0 Å². The van der Waals surface area contributed by atoms with Crippen molar-refractivity contribution in [3.63, 3.8) is 0 Å². The van der Waals surface area contributed by atoms with E-state index in [2.05, 4.69) is 42.7 Å². The van der Waals surface area contributed by atoms with E-state index in [1.54, 1.807) is 0 Å². The molecule has 1 aliphatic heterocycles. The number of carbonyl (C=O) groups is 1. The maximum atomic E-state index is 12.6. The molecule has 0 aliphatic carbocycles. The maximum absolute atomic E-state index is 12.6. The second-order valence-corrected chi connectivity index (χ2v) is 6.63. The molecule has 4 heteroatoms. The number of rotatable bonds is 7. The second kappa shape index (κ2) is 9.04. The summed E-state index contributed by atoms with van der Waals surface area (Å²) in [6.07, 6.45) is 0.622. The van der Waals surface area contributed by atoms with Gasteiger partial charge in [-0.05, 0) is 26.0 Å². The van der Waals surface area contributed by atoms with Gasteiger partial charge in [0.1, 0.15) is 0 Å². The molecule has 1 heterocycles. The molecule has 1 aromatic rings. The molecule has 0 bridgehead atoms. The maximum Gasteiger partial charge on any atom is 0.224 e. The quantitative estimate of drug-likeness (QED) is 0.773. The number of amides is 1. The van der Waals surface area contributed by atoms with Crippen molar-refractivity contribution >= 4 is 5.91 Å². The molecule has 0 atom stereocenters. The summed E-state index contributed by atoms with van der Waals surface area (Å²) in [6.45, 7) is 13.6. The van der Waals surface area contributed by atoms with E-state index in [4.69, 9.17) is 0 Å². The van der Waals surface area contributed by atoms with Gasteiger partial charge in [-0.15, -0.1) is 0 Å². The molecule has 0 unspecified atom stereocenters. The van der Waals surface area contributed by atoms with E-state index in [1.807, 2.05) is 23.1 Å². The predicted molar refractivity (Wildman–Crippen MR) is 95.3 cm³/mol. The molecule has 23 heavy (non-hydrogen) atoms. The molecular formula is C19H31N3O. The van der Waals surface area contributed by atoms with Crippen LogP contribution in [0.1, 0.15) is 32.8 Å². The lowest BCUT2D eigenvalue weighted by molar-refractivity contribution is -0.134. The highest BCUT2D eigenvalue weighted by Crippen LogP contribution is 2.11. The van der Waals surface area contributed by atoms with Crippen molar-refractivity contribution in [1.29, 1.82) is 0 Å². The Morgan fingerprint density at radius 1 is 1.09 bits per heavy atom. The summed E-state index contributed by atoms with van der Waals surface area (Å²) in [5.41, 5.74) is 1.20. The molecule has 1 aromatic carbocycles. The Balaban J connectivity index is 1.82. The van der Waals surface area contributed by atoms with Crippen LogP contribution in [0.5, 0.6) is 0 Å². The Morgan fingerprint density at radius 2 is 1.70 bits per heavy atom. The highest BCUT2D eigenvalue weighted by Gasteiger charge is 2.20. The monoisotopic (exact) mass is 317 g/mol. The Hall–Kier alpha value is -1.39. The van der Waals surface area contributed by atoms with Crippen molar-refractivity contribution in [1.82, 2.24) is 14.7 Å². The minimum Gasteiger partial charge on any atom is -0.336 e. The van der Waals surface area contributed by atoms with Crippen molar-refractivity contribution < 1.29 is 4.79 Å².